The molecule has 0 saturated heterocycles. The molecule has 0 spiro atoms. The Bertz CT molecular complexity index is 519. The molecule has 0 saturated carbocycles. The lowest BCUT2D eigenvalue weighted by atomic mass is 10.1. The van der Waals surface area contributed by atoms with E-state index in [2.05, 4.69) is 5.32 Å². The SMILES string of the molecule is O=C(O)C(Cc1cccc(F)c1F)NCP(=O)(O)O. The highest BCUT2D eigenvalue weighted by atomic mass is 31.2. The summed E-state index contributed by atoms with van der Waals surface area (Å²) >= 11 is 0. The van der Waals surface area contributed by atoms with E-state index in [1.165, 1.54) is 12.1 Å². The zero-order valence-corrected chi connectivity index (χ0v) is 10.5. The van der Waals surface area contributed by atoms with Crippen LogP contribution >= 0.6 is 7.60 Å². The van der Waals surface area contributed by atoms with Crippen molar-refractivity contribution >= 4 is 13.6 Å². The molecule has 0 aliphatic heterocycles. The van der Waals surface area contributed by atoms with Gasteiger partial charge in [0.1, 0.15) is 6.04 Å². The molecule has 0 aromatic heterocycles. The molecule has 6 nitrogen and oxygen atoms in total. The smallest absolute Gasteiger partial charge is 0.339 e. The van der Waals surface area contributed by atoms with Gasteiger partial charge in [-0.3, -0.25) is 14.7 Å². The van der Waals surface area contributed by atoms with Crippen LogP contribution in [0.1, 0.15) is 5.56 Å². The van der Waals surface area contributed by atoms with Gasteiger partial charge in [-0.15, -0.1) is 0 Å². The average molecular weight is 295 g/mol. The molecular weight excluding hydrogens is 283 g/mol. The van der Waals surface area contributed by atoms with Crippen LogP contribution in [0.5, 0.6) is 0 Å². The van der Waals surface area contributed by atoms with E-state index in [0.717, 1.165) is 6.07 Å². The first kappa shape index (κ1) is 15.7. The predicted octanol–water partition coefficient (Wildman–Crippen LogP) is 0.685. The number of rotatable bonds is 6. The zero-order valence-electron chi connectivity index (χ0n) is 9.58. The van der Waals surface area contributed by atoms with E-state index in [-0.39, 0.29) is 5.56 Å². The summed E-state index contributed by atoms with van der Waals surface area (Å²) in [5, 5.41) is 11.0. The highest BCUT2D eigenvalue weighted by molar-refractivity contribution is 7.51. The number of halogens is 2. The van der Waals surface area contributed by atoms with Gasteiger partial charge in [0.25, 0.3) is 0 Å². The maximum atomic E-state index is 13.4. The Hall–Kier alpha value is -1.34. The Labute approximate surface area is 107 Å². The Kier molecular flexibility index (Phi) is 5.13. The minimum absolute atomic E-state index is 0.189. The molecule has 1 unspecified atom stereocenters. The normalized spacial score (nSPS) is 13.3. The Morgan fingerprint density at radius 2 is 2.00 bits per heavy atom. The van der Waals surface area contributed by atoms with Crippen LogP contribution in [-0.2, 0) is 15.8 Å². The molecule has 0 aliphatic rings. The van der Waals surface area contributed by atoms with Crippen molar-refractivity contribution in [1.82, 2.24) is 5.32 Å². The van der Waals surface area contributed by atoms with Gasteiger partial charge < -0.3 is 14.9 Å². The fourth-order valence-corrected chi connectivity index (χ4v) is 1.86. The number of benzene rings is 1. The summed E-state index contributed by atoms with van der Waals surface area (Å²) in [4.78, 5) is 28.2. The molecule has 0 fully saturated rings. The molecule has 1 aromatic carbocycles. The fourth-order valence-electron chi connectivity index (χ4n) is 1.40. The molecule has 0 heterocycles. The van der Waals surface area contributed by atoms with Gasteiger partial charge in [0, 0.05) is 6.42 Å². The Balaban J connectivity index is 2.82. The van der Waals surface area contributed by atoms with Gasteiger partial charge in [-0.2, -0.15) is 0 Å². The van der Waals surface area contributed by atoms with Crippen molar-refractivity contribution in [2.75, 3.05) is 6.29 Å². The third-order valence-electron chi connectivity index (χ3n) is 2.30. The van der Waals surface area contributed by atoms with Gasteiger partial charge in [-0.05, 0) is 11.6 Å². The maximum absolute atomic E-state index is 13.4. The average Bonchev–Trinajstić information content (AvgIpc) is 2.28. The van der Waals surface area contributed by atoms with Crippen LogP contribution in [0, 0.1) is 11.6 Å². The third-order valence-corrected chi connectivity index (χ3v) is 2.89. The lowest BCUT2D eigenvalue weighted by Crippen LogP contribution is -2.39. The van der Waals surface area contributed by atoms with Crippen molar-refractivity contribution in [3.8, 4) is 0 Å². The van der Waals surface area contributed by atoms with Crippen LogP contribution in [0.2, 0.25) is 0 Å². The van der Waals surface area contributed by atoms with Gasteiger partial charge in [0.05, 0.1) is 6.29 Å². The van der Waals surface area contributed by atoms with Crippen LogP contribution in [0.3, 0.4) is 0 Å². The molecule has 1 aromatic rings. The van der Waals surface area contributed by atoms with Crippen LogP contribution in [0.25, 0.3) is 0 Å². The first-order chi connectivity index (χ1) is 8.70. The number of hydrogen-bond donors (Lipinski definition) is 4. The minimum Gasteiger partial charge on any atom is -0.480 e. The van der Waals surface area contributed by atoms with E-state index >= 15 is 0 Å². The van der Waals surface area contributed by atoms with Crippen molar-refractivity contribution < 1.29 is 33.0 Å². The molecule has 0 amide bonds. The quantitative estimate of drug-likeness (QED) is 0.575. The lowest BCUT2D eigenvalue weighted by molar-refractivity contribution is -0.139. The van der Waals surface area contributed by atoms with E-state index in [9.17, 15) is 18.1 Å². The number of nitrogens with one attached hydrogen (secondary N) is 1. The zero-order chi connectivity index (χ0) is 14.6. The van der Waals surface area contributed by atoms with Crippen molar-refractivity contribution in [1.29, 1.82) is 0 Å². The summed E-state index contributed by atoms with van der Waals surface area (Å²) in [6.07, 6.45) is -1.29. The first-order valence-electron chi connectivity index (χ1n) is 5.14. The van der Waals surface area contributed by atoms with Gasteiger partial charge in [0.2, 0.25) is 0 Å². The number of carboxylic acid groups (broad SMARTS) is 1. The van der Waals surface area contributed by atoms with E-state index in [1.54, 1.807) is 0 Å². The molecule has 19 heavy (non-hydrogen) atoms. The molecule has 1 rings (SSSR count). The summed E-state index contributed by atoms with van der Waals surface area (Å²) in [7, 11) is -4.43. The van der Waals surface area contributed by atoms with Crippen molar-refractivity contribution in [3.05, 3.63) is 35.4 Å². The first-order valence-corrected chi connectivity index (χ1v) is 6.94. The van der Waals surface area contributed by atoms with Gasteiger partial charge in [-0.1, -0.05) is 12.1 Å². The molecule has 9 heteroatoms. The highest BCUT2D eigenvalue weighted by Crippen LogP contribution is 2.32. The molecule has 4 N–H and O–H groups in total. The number of aliphatic carboxylic acids is 1. The number of carboxylic acids is 1. The van der Waals surface area contributed by atoms with Crippen molar-refractivity contribution in [3.63, 3.8) is 0 Å². The molecule has 106 valence electrons. The van der Waals surface area contributed by atoms with Crippen molar-refractivity contribution in [2.45, 2.75) is 12.5 Å². The van der Waals surface area contributed by atoms with Gasteiger partial charge >= 0.3 is 13.6 Å². The van der Waals surface area contributed by atoms with E-state index < -0.39 is 43.9 Å². The minimum atomic E-state index is -4.43. The number of carbonyl (C=O) groups is 1. The van der Waals surface area contributed by atoms with Crippen LogP contribution in [0.4, 0.5) is 8.78 Å². The van der Waals surface area contributed by atoms with E-state index in [4.69, 9.17) is 14.9 Å². The fraction of sp³-hybridized carbons (Fsp3) is 0.300. The molecular formula is C10H12F2NO5P. The molecule has 0 bridgehead atoms. The summed E-state index contributed by atoms with van der Waals surface area (Å²) in [5.74, 6) is -3.71. The second-order valence-corrected chi connectivity index (χ2v) is 5.48. The molecule has 0 radical (unpaired) electrons. The lowest BCUT2D eigenvalue weighted by Gasteiger charge is -2.15. The van der Waals surface area contributed by atoms with Crippen molar-refractivity contribution in [2.24, 2.45) is 0 Å². The van der Waals surface area contributed by atoms with Gasteiger partial charge in [0.15, 0.2) is 11.6 Å². The monoisotopic (exact) mass is 295 g/mol. The standard InChI is InChI=1S/C10H12F2NO5P/c11-7-3-1-2-6(9(7)12)4-8(10(14)15)13-5-19(16,17)18/h1-3,8,13H,4-5H2,(H,14,15)(H2,16,17,18). The second kappa shape index (κ2) is 6.21. The summed E-state index contributed by atoms with van der Waals surface area (Å²) in [5.41, 5.74) is -0.189. The second-order valence-electron chi connectivity index (χ2n) is 3.83. The molecule has 0 aliphatic carbocycles. The van der Waals surface area contributed by atoms with Crippen LogP contribution in [0.15, 0.2) is 18.2 Å². The van der Waals surface area contributed by atoms with Gasteiger partial charge in [-0.25, -0.2) is 8.78 Å². The largest absolute Gasteiger partial charge is 0.480 e. The van der Waals surface area contributed by atoms with Crippen LogP contribution < -0.4 is 5.32 Å². The predicted molar refractivity (Wildman–Crippen MR) is 61.5 cm³/mol. The summed E-state index contributed by atoms with van der Waals surface area (Å²) in [6.45, 7) is 0. The number of hydrogen-bond acceptors (Lipinski definition) is 3. The summed E-state index contributed by atoms with van der Waals surface area (Å²) < 4.78 is 36.9. The van der Waals surface area contributed by atoms with Crippen LogP contribution in [-0.4, -0.2) is 33.2 Å². The third kappa shape index (κ3) is 5.04. The molecule has 1 atom stereocenters. The Morgan fingerprint density at radius 3 is 2.53 bits per heavy atom. The van der Waals surface area contributed by atoms with E-state index in [0.29, 0.717) is 0 Å². The summed E-state index contributed by atoms with van der Waals surface area (Å²) in [6, 6.07) is 1.88. The highest BCUT2D eigenvalue weighted by Gasteiger charge is 2.23. The van der Waals surface area contributed by atoms with E-state index in [1.807, 2.05) is 0 Å². The maximum Gasteiger partial charge on any atom is 0.339 e. The topological polar surface area (TPSA) is 107 Å². The Morgan fingerprint density at radius 1 is 1.37 bits per heavy atom.